The average molecular weight is 352 g/mol. The highest BCUT2D eigenvalue weighted by molar-refractivity contribution is 5.75. The molecule has 7 heteroatoms. The molecule has 7 nitrogen and oxygen atoms in total. The number of rotatable bonds is 9. The molecule has 1 aromatic rings. The summed E-state index contributed by atoms with van der Waals surface area (Å²) in [5.41, 5.74) is 0. The first-order chi connectivity index (χ1) is 12.0. The van der Waals surface area contributed by atoms with Crippen molar-refractivity contribution in [1.82, 2.24) is 20.4 Å². The molecule has 1 amide bonds. The number of hydrogen-bond acceptors (Lipinski definition) is 6. The molecule has 142 valence electrons. The second-order valence-corrected chi connectivity index (χ2v) is 7.40. The molecule has 1 unspecified atom stereocenters. The van der Waals surface area contributed by atoms with Crippen LogP contribution >= 0.6 is 0 Å². The van der Waals surface area contributed by atoms with Crippen LogP contribution in [0.4, 0.5) is 0 Å². The lowest BCUT2D eigenvalue weighted by molar-refractivity contribution is -0.131. The third-order valence-corrected chi connectivity index (χ3v) is 4.55. The van der Waals surface area contributed by atoms with E-state index in [2.05, 4.69) is 29.3 Å². The van der Waals surface area contributed by atoms with Gasteiger partial charge in [-0.05, 0) is 51.1 Å². The Labute approximate surface area is 150 Å². The summed E-state index contributed by atoms with van der Waals surface area (Å²) in [7, 11) is 1.79. The van der Waals surface area contributed by atoms with Crippen molar-refractivity contribution in [2.45, 2.75) is 59.1 Å². The summed E-state index contributed by atoms with van der Waals surface area (Å²) in [6, 6.07) is 0. The van der Waals surface area contributed by atoms with E-state index in [1.807, 2.05) is 6.92 Å². The highest BCUT2D eigenvalue weighted by atomic mass is 16.5. The number of hydrogen-bond donors (Lipinski definition) is 1. The Morgan fingerprint density at radius 2 is 2.08 bits per heavy atom. The van der Waals surface area contributed by atoms with Crippen LogP contribution in [0, 0.1) is 11.8 Å². The minimum absolute atomic E-state index is 0.127. The molecule has 2 rings (SSSR count). The first-order valence-electron chi connectivity index (χ1n) is 9.34. The summed E-state index contributed by atoms with van der Waals surface area (Å²) in [6.07, 6.45) is 3.66. The van der Waals surface area contributed by atoms with E-state index in [0.29, 0.717) is 43.1 Å². The summed E-state index contributed by atoms with van der Waals surface area (Å²) in [4.78, 5) is 18.3. The van der Waals surface area contributed by atoms with Crippen molar-refractivity contribution in [3.63, 3.8) is 0 Å². The Bertz CT molecular complexity index is 526. The van der Waals surface area contributed by atoms with Crippen LogP contribution in [0.2, 0.25) is 0 Å². The van der Waals surface area contributed by atoms with E-state index in [-0.39, 0.29) is 12.0 Å². The Morgan fingerprint density at radius 1 is 1.36 bits per heavy atom. The molecule has 1 atom stereocenters. The quantitative estimate of drug-likeness (QED) is 0.736. The number of carbonyl (C=O) groups is 1. The molecular formula is C18H32N4O3. The monoisotopic (exact) mass is 352 g/mol. The number of carbonyl (C=O) groups excluding carboxylic acids is 1. The van der Waals surface area contributed by atoms with E-state index in [4.69, 9.17) is 9.26 Å². The van der Waals surface area contributed by atoms with Gasteiger partial charge in [0.1, 0.15) is 6.10 Å². The zero-order valence-corrected chi connectivity index (χ0v) is 16.0. The Hall–Kier alpha value is -1.47. The van der Waals surface area contributed by atoms with Crippen molar-refractivity contribution >= 4 is 5.91 Å². The van der Waals surface area contributed by atoms with Gasteiger partial charge in [-0.15, -0.1) is 0 Å². The second kappa shape index (κ2) is 9.87. The van der Waals surface area contributed by atoms with Crippen molar-refractivity contribution in [3.05, 3.63) is 11.7 Å². The summed E-state index contributed by atoms with van der Waals surface area (Å²) >= 11 is 0. The van der Waals surface area contributed by atoms with Gasteiger partial charge in [0.05, 0.1) is 6.54 Å². The highest BCUT2D eigenvalue weighted by Gasteiger charge is 2.19. The van der Waals surface area contributed by atoms with Crippen molar-refractivity contribution in [3.8, 4) is 0 Å². The molecular weight excluding hydrogens is 320 g/mol. The Kier molecular flexibility index (Phi) is 7.84. The first kappa shape index (κ1) is 19.8. The van der Waals surface area contributed by atoms with E-state index in [0.717, 1.165) is 32.4 Å². The molecule has 0 aromatic carbocycles. The van der Waals surface area contributed by atoms with Crippen molar-refractivity contribution < 1.29 is 14.1 Å². The number of ether oxygens (including phenoxy) is 1. The van der Waals surface area contributed by atoms with Crippen LogP contribution < -0.4 is 5.32 Å². The van der Waals surface area contributed by atoms with Crippen LogP contribution in [0.25, 0.3) is 0 Å². The maximum Gasteiger partial charge on any atom is 0.246 e. The fourth-order valence-electron chi connectivity index (χ4n) is 2.89. The van der Waals surface area contributed by atoms with Gasteiger partial charge in [0.15, 0.2) is 5.82 Å². The smallest absolute Gasteiger partial charge is 0.246 e. The summed E-state index contributed by atoms with van der Waals surface area (Å²) in [5, 5.41) is 7.32. The largest absolute Gasteiger partial charge is 0.370 e. The number of nitrogens with one attached hydrogen (secondary N) is 1. The maximum absolute atomic E-state index is 12.3. The molecule has 2 heterocycles. The fourth-order valence-corrected chi connectivity index (χ4v) is 2.89. The minimum Gasteiger partial charge on any atom is -0.370 e. The molecule has 1 aliphatic heterocycles. The predicted octanol–water partition coefficient (Wildman–Crippen LogP) is 2.54. The van der Waals surface area contributed by atoms with Crippen molar-refractivity contribution in [1.29, 1.82) is 0 Å². The lowest BCUT2D eigenvalue weighted by Crippen LogP contribution is -2.30. The van der Waals surface area contributed by atoms with Crippen LogP contribution in [0.15, 0.2) is 4.52 Å². The number of amides is 1. The molecule has 1 N–H and O–H groups in total. The van der Waals surface area contributed by atoms with Gasteiger partial charge in [-0.1, -0.05) is 19.0 Å². The zero-order valence-electron chi connectivity index (χ0n) is 16.0. The van der Waals surface area contributed by atoms with Crippen molar-refractivity contribution in [2.75, 3.05) is 26.7 Å². The molecule has 25 heavy (non-hydrogen) atoms. The normalized spacial score (nSPS) is 17.0. The van der Waals surface area contributed by atoms with Gasteiger partial charge in [0.25, 0.3) is 0 Å². The predicted molar refractivity (Wildman–Crippen MR) is 94.8 cm³/mol. The SMILES string of the molecule is CC(C)COC(C)c1noc(CN(C)C(=O)CCC2CCNCC2)n1. The summed E-state index contributed by atoms with van der Waals surface area (Å²) in [5.74, 6) is 2.23. The van der Waals surface area contributed by atoms with Gasteiger partial charge in [0.2, 0.25) is 11.8 Å². The molecule has 0 aliphatic carbocycles. The molecule has 1 aliphatic rings. The van der Waals surface area contributed by atoms with E-state index in [1.54, 1.807) is 11.9 Å². The molecule has 0 saturated carbocycles. The molecule has 1 saturated heterocycles. The van der Waals surface area contributed by atoms with Crippen LogP contribution in [-0.2, 0) is 16.1 Å². The summed E-state index contributed by atoms with van der Waals surface area (Å²) in [6.45, 7) is 9.23. The number of nitrogens with zero attached hydrogens (tertiary/aromatic N) is 3. The van der Waals surface area contributed by atoms with Crippen LogP contribution in [0.1, 0.15) is 64.3 Å². The van der Waals surface area contributed by atoms with E-state index < -0.39 is 0 Å². The number of piperidine rings is 1. The Morgan fingerprint density at radius 3 is 2.76 bits per heavy atom. The Balaban J connectivity index is 1.75. The van der Waals surface area contributed by atoms with Crippen LogP contribution in [0.3, 0.4) is 0 Å². The molecule has 1 fully saturated rings. The average Bonchev–Trinajstić information content (AvgIpc) is 3.07. The fraction of sp³-hybridized carbons (Fsp3) is 0.833. The second-order valence-electron chi connectivity index (χ2n) is 7.40. The first-order valence-corrected chi connectivity index (χ1v) is 9.34. The standard InChI is InChI=1S/C18H32N4O3/c1-13(2)12-24-14(3)18-20-16(25-21-18)11-22(4)17(23)6-5-15-7-9-19-10-8-15/h13-15,19H,5-12H2,1-4H3. The molecule has 0 bridgehead atoms. The topological polar surface area (TPSA) is 80.5 Å². The van der Waals surface area contributed by atoms with Crippen LogP contribution in [-0.4, -0.2) is 47.7 Å². The maximum atomic E-state index is 12.3. The third kappa shape index (κ3) is 6.74. The van der Waals surface area contributed by atoms with Gasteiger partial charge < -0.3 is 19.5 Å². The molecule has 0 radical (unpaired) electrons. The van der Waals surface area contributed by atoms with Gasteiger partial charge >= 0.3 is 0 Å². The van der Waals surface area contributed by atoms with Gasteiger partial charge in [-0.25, -0.2) is 0 Å². The molecule has 0 spiro atoms. The van der Waals surface area contributed by atoms with Gasteiger partial charge in [0, 0.05) is 20.1 Å². The highest BCUT2D eigenvalue weighted by Crippen LogP contribution is 2.19. The van der Waals surface area contributed by atoms with E-state index >= 15 is 0 Å². The third-order valence-electron chi connectivity index (χ3n) is 4.55. The molecule has 1 aromatic heterocycles. The van der Waals surface area contributed by atoms with E-state index in [9.17, 15) is 4.79 Å². The van der Waals surface area contributed by atoms with E-state index in [1.165, 1.54) is 0 Å². The van der Waals surface area contributed by atoms with Gasteiger partial charge in [-0.3, -0.25) is 4.79 Å². The zero-order chi connectivity index (χ0) is 18.2. The lowest BCUT2D eigenvalue weighted by Gasteiger charge is -2.23. The van der Waals surface area contributed by atoms with Crippen LogP contribution in [0.5, 0.6) is 0 Å². The number of aromatic nitrogens is 2. The van der Waals surface area contributed by atoms with Crippen molar-refractivity contribution in [2.24, 2.45) is 11.8 Å². The van der Waals surface area contributed by atoms with Gasteiger partial charge in [-0.2, -0.15) is 4.98 Å². The summed E-state index contributed by atoms with van der Waals surface area (Å²) < 4.78 is 11.0. The minimum atomic E-state index is -0.208. The lowest BCUT2D eigenvalue weighted by atomic mass is 9.93.